The lowest BCUT2D eigenvalue weighted by atomic mass is 9.96. The maximum atomic E-state index is 12.3. The lowest BCUT2D eigenvalue weighted by molar-refractivity contribution is -0.163. The number of aliphatic hydroxyl groups is 1. The van der Waals surface area contributed by atoms with Crippen molar-refractivity contribution in [2.75, 3.05) is 11.9 Å². The van der Waals surface area contributed by atoms with Crippen LogP contribution in [0.25, 0.3) is 0 Å². The van der Waals surface area contributed by atoms with Crippen LogP contribution in [-0.4, -0.2) is 51.8 Å². The second-order valence-electron chi connectivity index (χ2n) is 6.00. The molecule has 2 saturated heterocycles. The first-order chi connectivity index (χ1) is 12.1. The quantitative estimate of drug-likeness (QED) is 0.764. The van der Waals surface area contributed by atoms with Crippen LogP contribution in [0.2, 0.25) is 5.02 Å². The van der Waals surface area contributed by atoms with Gasteiger partial charge in [0.05, 0.1) is 19.0 Å². The van der Waals surface area contributed by atoms with Gasteiger partial charge in [-0.15, -0.1) is 0 Å². The van der Waals surface area contributed by atoms with Crippen LogP contribution in [0, 0.1) is 0 Å². The Balaban J connectivity index is 1.48. The van der Waals surface area contributed by atoms with Crippen LogP contribution in [0.1, 0.15) is 6.04 Å². The Hall–Kier alpha value is -2.13. The number of amides is 2. The molecule has 4 rings (SSSR count). The van der Waals surface area contributed by atoms with Gasteiger partial charge in [-0.2, -0.15) is 0 Å². The van der Waals surface area contributed by atoms with E-state index in [0.29, 0.717) is 17.3 Å². The number of ether oxygens (including phenoxy) is 2. The van der Waals surface area contributed by atoms with Crippen LogP contribution in [0.4, 0.5) is 10.5 Å². The molecule has 0 saturated carbocycles. The zero-order valence-electron chi connectivity index (χ0n) is 13.1. The number of benzene rings is 1. The van der Waals surface area contributed by atoms with Crippen molar-refractivity contribution >= 4 is 23.3 Å². The van der Waals surface area contributed by atoms with Gasteiger partial charge in [0.15, 0.2) is 6.29 Å². The topological polar surface area (TPSA) is 97.6 Å². The van der Waals surface area contributed by atoms with E-state index in [-0.39, 0.29) is 0 Å². The molecule has 3 N–H and O–H groups in total. The third kappa shape index (κ3) is 3.21. The van der Waals surface area contributed by atoms with Gasteiger partial charge in [0.25, 0.3) is 0 Å². The second-order valence-corrected chi connectivity index (χ2v) is 6.44. The number of nitrogens with zero attached hydrogens (tertiary/aromatic N) is 2. The zero-order valence-corrected chi connectivity index (χ0v) is 13.8. The highest BCUT2D eigenvalue weighted by Gasteiger charge is 2.51. The van der Waals surface area contributed by atoms with Crippen molar-refractivity contribution in [2.45, 2.75) is 30.6 Å². The van der Waals surface area contributed by atoms with Gasteiger partial charge in [0.2, 0.25) is 0 Å². The van der Waals surface area contributed by atoms with E-state index < -0.39 is 36.6 Å². The average molecular weight is 365 g/mol. The first-order valence-corrected chi connectivity index (χ1v) is 8.25. The summed E-state index contributed by atoms with van der Waals surface area (Å²) in [5, 5.41) is 16.8. The van der Waals surface area contributed by atoms with Crippen LogP contribution in [0.15, 0.2) is 43.0 Å². The van der Waals surface area contributed by atoms with E-state index in [1.807, 2.05) is 0 Å². The first-order valence-electron chi connectivity index (χ1n) is 7.87. The minimum atomic E-state index is -0.884. The van der Waals surface area contributed by atoms with Gasteiger partial charge < -0.3 is 29.8 Å². The smallest absolute Gasteiger partial charge is 0.319 e. The summed E-state index contributed by atoms with van der Waals surface area (Å²) in [6, 6.07) is 5.25. The maximum absolute atomic E-state index is 12.3. The minimum Gasteiger partial charge on any atom is -0.388 e. The number of halogens is 1. The van der Waals surface area contributed by atoms with E-state index in [1.165, 1.54) is 0 Å². The van der Waals surface area contributed by atoms with E-state index in [1.54, 1.807) is 47.6 Å². The molecule has 2 aliphatic heterocycles. The Labute approximate surface area is 148 Å². The van der Waals surface area contributed by atoms with Crippen molar-refractivity contribution in [3.8, 4) is 0 Å². The molecule has 1 aromatic carbocycles. The number of hydrogen-bond donors (Lipinski definition) is 3. The van der Waals surface area contributed by atoms with Gasteiger partial charge >= 0.3 is 6.03 Å². The van der Waals surface area contributed by atoms with E-state index in [9.17, 15) is 9.90 Å². The molecule has 5 unspecified atom stereocenters. The van der Waals surface area contributed by atoms with Gasteiger partial charge in [0, 0.05) is 23.1 Å². The Morgan fingerprint density at radius 1 is 1.44 bits per heavy atom. The first kappa shape index (κ1) is 16.3. The molecule has 2 fully saturated rings. The number of aliphatic hydroxyl groups excluding tert-OH is 1. The van der Waals surface area contributed by atoms with Crippen LogP contribution in [0.5, 0.6) is 0 Å². The summed E-state index contributed by atoms with van der Waals surface area (Å²) in [4.78, 5) is 16.3. The van der Waals surface area contributed by atoms with Gasteiger partial charge in [-0.05, 0) is 18.2 Å². The molecular weight excluding hydrogens is 348 g/mol. The SMILES string of the molecule is O=C(Nc1cccc(Cl)c1)NC1C2COC(O2)C(n2ccnc2)C1O. The number of urea groups is 1. The number of anilines is 1. The summed E-state index contributed by atoms with van der Waals surface area (Å²) in [6.45, 7) is 0.301. The molecule has 8 nitrogen and oxygen atoms in total. The number of carbonyl (C=O) groups excluding carboxylic acids is 1. The van der Waals surface area contributed by atoms with Gasteiger partial charge in [-0.25, -0.2) is 9.78 Å². The molecule has 25 heavy (non-hydrogen) atoms. The predicted molar refractivity (Wildman–Crippen MR) is 89.3 cm³/mol. The number of rotatable bonds is 3. The highest BCUT2D eigenvalue weighted by Crippen LogP contribution is 2.35. The van der Waals surface area contributed by atoms with Crippen LogP contribution in [-0.2, 0) is 9.47 Å². The molecule has 9 heteroatoms. The summed E-state index contributed by atoms with van der Waals surface area (Å²) in [6.07, 6.45) is 3.06. The molecule has 2 bridgehead atoms. The Morgan fingerprint density at radius 3 is 3.08 bits per heavy atom. The molecule has 1 aromatic heterocycles. The lowest BCUT2D eigenvalue weighted by Crippen LogP contribution is -2.59. The van der Waals surface area contributed by atoms with E-state index >= 15 is 0 Å². The summed E-state index contributed by atoms with van der Waals surface area (Å²) in [5.41, 5.74) is 0.558. The van der Waals surface area contributed by atoms with E-state index in [2.05, 4.69) is 15.6 Å². The van der Waals surface area contributed by atoms with Crippen molar-refractivity contribution in [1.29, 1.82) is 0 Å². The highest BCUT2D eigenvalue weighted by atomic mass is 35.5. The van der Waals surface area contributed by atoms with E-state index in [0.717, 1.165) is 0 Å². The van der Waals surface area contributed by atoms with Crippen molar-refractivity contribution in [3.63, 3.8) is 0 Å². The Bertz CT molecular complexity index is 756. The van der Waals surface area contributed by atoms with Crippen molar-refractivity contribution in [2.24, 2.45) is 0 Å². The molecule has 2 aromatic rings. The monoisotopic (exact) mass is 364 g/mol. The number of carbonyl (C=O) groups is 1. The van der Waals surface area contributed by atoms with Gasteiger partial charge in [-0.1, -0.05) is 17.7 Å². The summed E-state index contributed by atoms with van der Waals surface area (Å²) in [7, 11) is 0. The maximum Gasteiger partial charge on any atom is 0.319 e. The van der Waals surface area contributed by atoms with Crippen LogP contribution < -0.4 is 10.6 Å². The molecule has 132 valence electrons. The third-order valence-corrected chi connectivity index (χ3v) is 4.62. The molecule has 0 aliphatic carbocycles. The number of hydrogen-bond acceptors (Lipinski definition) is 5. The standard InChI is InChI=1S/C16H17ClN4O4/c17-9-2-1-3-10(6-9)19-16(23)20-12-11-7-24-15(25-11)13(14(12)22)21-5-4-18-8-21/h1-6,8,11-15,22H,7H2,(H2,19,20,23). The largest absolute Gasteiger partial charge is 0.388 e. The average Bonchev–Trinajstić information content (AvgIpc) is 3.23. The zero-order chi connectivity index (χ0) is 17.4. The molecular formula is C16H17ClN4O4. The van der Waals surface area contributed by atoms with E-state index in [4.69, 9.17) is 21.1 Å². The second kappa shape index (κ2) is 6.64. The predicted octanol–water partition coefficient (Wildman–Crippen LogP) is 1.38. The van der Waals surface area contributed by atoms with Crippen LogP contribution >= 0.6 is 11.6 Å². The van der Waals surface area contributed by atoms with Crippen LogP contribution in [0.3, 0.4) is 0 Å². The third-order valence-electron chi connectivity index (χ3n) is 4.38. The number of imidazole rings is 1. The molecule has 5 atom stereocenters. The fraction of sp³-hybridized carbons (Fsp3) is 0.375. The summed E-state index contributed by atoms with van der Waals surface area (Å²) < 4.78 is 13.1. The van der Waals surface area contributed by atoms with Crippen molar-refractivity contribution in [1.82, 2.24) is 14.9 Å². The Morgan fingerprint density at radius 2 is 2.32 bits per heavy atom. The fourth-order valence-corrected chi connectivity index (χ4v) is 3.42. The molecule has 0 spiro atoms. The molecule has 2 aliphatic rings. The highest BCUT2D eigenvalue weighted by molar-refractivity contribution is 6.30. The van der Waals surface area contributed by atoms with Gasteiger partial charge in [0.1, 0.15) is 18.2 Å². The molecule has 3 heterocycles. The fourth-order valence-electron chi connectivity index (χ4n) is 3.23. The lowest BCUT2D eigenvalue weighted by Gasteiger charge is -2.38. The van der Waals surface area contributed by atoms with Crippen molar-refractivity contribution in [3.05, 3.63) is 48.0 Å². The van der Waals surface area contributed by atoms with Crippen molar-refractivity contribution < 1.29 is 19.4 Å². The van der Waals surface area contributed by atoms with Gasteiger partial charge in [-0.3, -0.25) is 0 Å². The summed E-state index contributed by atoms with van der Waals surface area (Å²) in [5.74, 6) is 0. The Kier molecular flexibility index (Phi) is 4.34. The molecule has 2 amide bonds. The number of fused-ring (bicyclic) bond motifs is 2. The minimum absolute atomic E-state index is 0.301. The molecule has 0 radical (unpaired) electrons. The number of nitrogens with one attached hydrogen (secondary N) is 2. The number of aromatic nitrogens is 2. The summed E-state index contributed by atoms with van der Waals surface area (Å²) >= 11 is 5.91. The normalized spacial score (nSPS) is 30.9.